The SMILES string of the molecule is CNC(=O)C1CCN(C2CCNCC2)CC1.Cl.Cl. The molecule has 2 rings (SSSR count). The maximum Gasteiger partial charge on any atom is 0.222 e. The molecule has 2 saturated heterocycles. The lowest BCUT2D eigenvalue weighted by molar-refractivity contribution is -0.126. The third-order valence-electron chi connectivity index (χ3n) is 3.97. The quantitative estimate of drug-likeness (QED) is 0.800. The van der Waals surface area contributed by atoms with Crippen LogP contribution in [0.15, 0.2) is 0 Å². The van der Waals surface area contributed by atoms with E-state index in [1.807, 2.05) is 0 Å². The molecule has 4 nitrogen and oxygen atoms in total. The summed E-state index contributed by atoms with van der Waals surface area (Å²) >= 11 is 0. The predicted octanol–water partition coefficient (Wildman–Crippen LogP) is 1.04. The second-order valence-corrected chi connectivity index (χ2v) is 4.91. The standard InChI is InChI=1S/C12H23N3O.2ClH/c1-13-12(16)10-4-8-15(9-5-10)11-2-6-14-7-3-11;;/h10-11,14H,2-9H2,1H3,(H,13,16);2*1H. The minimum absolute atomic E-state index is 0. The van der Waals surface area contributed by atoms with Crippen molar-refractivity contribution in [1.29, 1.82) is 0 Å². The van der Waals surface area contributed by atoms with Crippen molar-refractivity contribution in [2.45, 2.75) is 31.7 Å². The molecular formula is C12H25Cl2N3O. The molecule has 2 heterocycles. The minimum atomic E-state index is 0. The van der Waals surface area contributed by atoms with E-state index in [1.54, 1.807) is 7.05 Å². The van der Waals surface area contributed by atoms with Gasteiger partial charge in [0.1, 0.15) is 0 Å². The molecule has 0 aromatic carbocycles. The monoisotopic (exact) mass is 297 g/mol. The molecule has 0 aliphatic carbocycles. The van der Waals surface area contributed by atoms with E-state index in [-0.39, 0.29) is 36.6 Å². The number of hydrogen-bond donors (Lipinski definition) is 2. The summed E-state index contributed by atoms with van der Waals surface area (Å²) in [6.07, 6.45) is 4.60. The van der Waals surface area contributed by atoms with Crippen molar-refractivity contribution in [1.82, 2.24) is 15.5 Å². The van der Waals surface area contributed by atoms with Crippen molar-refractivity contribution >= 4 is 30.7 Å². The zero-order valence-electron chi connectivity index (χ0n) is 11.0. The number of amides is 1. The summed E-state index contributed by atoms with van der Waals surface area (Å²) in [4.78, 5) is 14.1. The Balaban J connectivity index is 0.00000144. The van der Waals surface area contributed by atoms with E-state index in [9.17, 15) is 4.79 Å². The van der Waals surface area contributed by atoms with Crippen LogP contribution in [0.2, 0.25) is 0 Å². The topological polar surface area (TPSA) is 44.4 Å². The van der Waals surface area contributed by atoms with Gasteiger partial charge >= 0.3 is 0 Å². The third kappa shape index (κ3) is 4.57. The van der Waals surface area contributed by atoms with Gasteiger partial charge in [0.15, 0.2) is 0 Å². The van der Waals surface area contributed by atoms with E-state index in [2.05, 4.69) is 15.5 Å². The molecule has 0 unspecified atom stereocenters. The molecule has 6 heteroatoms. The van der Waals surface area contributed by atoms with E-state index in [4.69, 9.17) is 0 Å². The van der Waals surface area contributed by atoms with Gasteiger partial charge in [0.05, 0.1) is 0 Å². The molecule has 2 aliphatic rings. The Morgan fingerprint density at radius 3 is 2.17 bits per heavy atom. The lowest BCUT2D eigenvalue weighted by Gasteiger charge is -2.39. The number of rotatable bonds is 2. The van der Waals surface area contributed by atoms with E-state index >= 15 is 0 Å². The molecule has 0 bridgehead atoms. The maximum absolute atomic E-state index is 11.5. The molecule has 0 spiro atoms. The highest BCUT2D eigenvalue weighted by molar-refractivity contribution is 5.85. The number of carbonyl (C=O) groups is 1. The van der Waals surface area contributed by atoms with Crippen LogP contribution in [0.1, 0.15) is 25.7 Å². The number of nitrogens with zero attached hydrogens (tertiary/aromatic N) is 1. The average molecular weight is 298 g/mol. The van der Waals surface area contributed by atoms with Crippen LogP contribution < -0.4 is 10.6 Å². The zero-order chi connectivity index (χ0) is 11.4. The van der Waals surface area contributed by atoms with Crippen molar-refractivity contribution in [3.63, 3.8) is 0 Å². The molecule has 2 N–H and O–H groups in total. The number of likely N-dealkylation sites (tertiary alicyclic amines) is 1. The normalized spacial score (nSPS) is 22.7. The van der Waals surface area contributed by atoms with Crippen LogP contribution in [0.4, 0.5) is 0 Å². The lowest BCUT2D eigenvalue weighted by Crippen LogP contribution is -2.48. The number of carbonyl (C=O) groups excluding carboxylic acids is 1. The molecule has 108 valence electrons. The second-order valence-electron chi connectivity index (χ2n) is 4.91. The number of halogens is 2. The van der Waals surface area contributed by atoms with Crippen LogP contribution in [0, 0.1) is 5.92 Å². The molecule has 0 saturated carbocycles. The fourth-order valence-corrected chi connectivity index (χ4v) is 2.90. The molecule has 0 atom stereocenters. The van der Waals surface area contributed by atoms with Gasteiger partial charge in [-0.05, 0) is 51.9 Å². The Morgan fingerprint density at radius 1 is 1.11 bits per heavy atom. The smallest absolute Gasteiger partial charge is 0.222 e. The minimum Gasteiger partial charge on any atom is -0.359 e. The molecule has 0 radical (unpaired) electrons. The molecule has 0 aromatic heterocycles. The summed E-state index contributed by atoms with van der Waals surface area (Å²) in [5, 5.41) is 6.16. The Morgan fingerprint density at radius 2 is 1.67 bits per heavy atom. The van der Waals surface area contributed by atoms with Crippen LogP contribution in [-0.2, 0) is 4.79 Å². The van der Waals surface area contributed by atoms with Crippen LogP contribution >= 0.6 is 24.8 Å². The Labute approximate surface area is 122 Å². The first-order valence-electron chi connectivity index (χ1n) is 6.47. The summed E-state index contributed by atoms with van der Waals surface area (Å²) in [5.74, 6) is 0.480. The lowest BCUT2D eigenvalue weighted by atomic mass is 9.93. The molecule has 2 fully saturated rings. The summed E-state index contributed by atoms with van der Waals surface area (Å²) in [7, 11) is 1.74. The first-order valence-corrected chi connectivity index (χ1v) is 6.47. The summed E-state index contributed by atoms with van der Waals surface area (Å²) < 4.78 is 0. The first-order chi connectivity index (χ1) is 7.81. The van der Waals surface area contributed by atoms with Crippen molar-refractivity contribution in [2.75, 3.05) is 33.2 Å². The van der Waals surface area contributed by atoms with Crippen LogP contribution in [0.25, 0.3) is 0 Å². The summed E-state index contributed by atoms with van der Waals surface area (Å²) in [6.45, 7) is 4.51. The number of nitrogens with one attached hydrogen (secondary N) is 2. The van der Waals surface area contributed by atoms with Crippen LogP contribution in [0.3, 0.4) is 0 Å². The molecule has 0 aromatic rings. The molecule has 18 heavy (non-hydrogen) atoms. The average Bonchev–Trinajstić information content (AvgIpc) is 2.39. The maximum atomic E-state index is 11.5. The molecule has 2 aliphatic heterocycles. The van der Waals surface area contributed by atoms with Crippen LogP contribution in [-0.4, -0.2) is 50.1 Å². The summed E-state index contributed by atoms with van der Waals surface area (Å²) in [5.41, 5.74) is 0. The predicted molar refractivity (Wildman–Crippen MR) is 78.8 cm³/mol. The largest absolute Gasteiger partial charge is 0.359 e. The Bertz CT molecular complexity index is 239. The third-order valence-corrected chi connectivity index (χ3v) is 3.97. The van der Waals surface area contributed by atoms with Gasteiger partial charge in [0.2, 0.25) is 5.91 Å². The number of hydrogen-bond acceptors (Lipinski definition) is 3. The van der Waals surface area contributed by atoms with E-state index in [1.165, 1.54) is 12.8 Å². The van der Waals surface area contributed by atoms with Crippen molar-refractivity contribution in [3.8, 4) is 0 Å². The van der Waals surface area contributed by atoms with E-state index in [0.29, 0.717) is 0 Å². The number of piperidine rings is 2. The Kier molecular flexibility index (Phi) is 8.95. The molecular weight excluding hydrogens is 273 g/mol. The first kappa shape index (κ1) is 18.0. The summed E-state index contributed by atoms with van der Waals surface area (Å²) in [6, 6.07) is 0.756. The fourth-order valence-electron chi connectivity index (χ4n) is 2.90. The fraction of sp³-hybridized carbons (Fsp3) is 0.917. The van der Waals surface area contributed by atoms with Crippen molar-refractivity contribution in [3.05, 3.63) is 0 Å². The van der Waals surface area contributed by atoms with Gasteiger partial charge in [0.25, 0.3) is 0 Å². The van der Waals surface area contributed by atoms with Gasteiger partial charge < -0.3 is 15.5 Å². The van der Waals surface area contributed by atoms with Gasteiger partial charge in [-0.25, -0.2) is 0 Å². The van der Waals surface area contributed by atoms with Gasteiger partial charge in [-0.1, -0.05) is 0 Å². The van der Waals surface area contributed by atoms with Crippen molar-refractivity contribution < 1.29 is 4.79 Å². The van der Waals surface area contributed by atoms with Gasteiger partial charge in [0, 0.05) is 19.0 Å². The highest BCUT2D eigenvalue weighted by atomic mass is 35.5. The van der Waals surface area contributed by atoms with Gasteiger partial charge in [-0.2, -0.15) is 0 Å². The molecule has 1 amide bonds. The zero-order valence-corrected chi connectivity index (χ0v) is 12.6. The van der Waals surface area contributed by atoms with Gasteiger partial charge in [-0.15, -0.1) is 24.8 Å². The van der Waals surface area contributed by atoms with Crippen LogP contribution in [0.5, 0.6) is 0 Å². The highest BCUT2D eigenvalue weighted by Crippen LogP contribution is 2.22. The second kappa shape index (κ2) is 8.97. The van der Waals surface area contributed by atoms with E-state index in [0.717, 1.165) is 45.1 Å². The Hall–Kier alpha value is -0.0300. The highest BCUT2D eigenvalue weighted by Gasteiger charge is 2.28. The van der Waals surface area contributed by atoms with Crippen molar-refractivity contribution in [2.24, 2.45) is 5.92 Å². The van der Waals surface area contributed by atoms with E-state index < -0.39 is 0 Å². The van der Waals surface area contributed by atoms with Gasteiger partial charge in [-0.3, -0.25) is 4.79 Å².